The van der Waals surface area contributed by atoms with Crippen LogP contribution in [0.15, 0.2) is 54.6 Å². The Labute approximate surface area is 150 Å². The number of hydrogen-bond acceptors (Lipinski definition) is 4. The molecule has 0 fully saturated rings. The van der Waals surface area contributed by atoms with Crippen molar-refractivity contribution < 1.29 is 49.0 Å². The van der Waals surface area contributed by atoms with Crippen LogP contribution in [0.2, 0.25) is 0 Å². The molecule has 0 saturated heterocycles. The van der Waals surface area contributed by atoms with Gasteiger partial charge in [-0.1, -0.05) is 24.3 Å². The molecule has 1 amide bonds. The fourth-order valence-electron chi connectivity index (χ4n) is 1.70. The van der Waals surface area contributed by atoms with Crippen LogP contribution in [-0.4, -0.2) is 11.9 Å². The second-order valence-corrected chi connectivity index (χ2v) is 4.36. The first kappa shape index (κ1) is 18.2. The number of carbonyl (C=O) groups is 2. The first-order chi connectivity index (χ1) is 10.1. The first-order valence-corrected chi connectivity index (χ1v) is 6.46. The second-order valence-electron chi connectivity index (χ2n) is 4.36. The molecule has 108 valence electrons. The minimum absolute atomic E-state index is 0. The molecule has 0 radical (unpaired) electrons. The van der Waals surface area contributed by atoms with Gasteiger partial charge in [0.15, 0.2) is 0 Å². The summed E-state index contributed by atoms with van der Waals surface area (Å²) < 4.78 is 5.64. The monoisotopic (exact) mass is 307 g/mol. The molecule has 2 aromatic rings. The van der Waals surface area contributed by atoms with Crippen LogP contribution >= 0.6 is 0 Å². The quantitative estimate of drug-likeness (QED) is 0.691. The van der Waals surface area contributed by atoms with Crippen molar-refractivity contribution in [1.29, 1.82) is 0 Å². The van der Waals surface area contributed by atoms with Gasteiger partial charge < -0.3 is 20.0 Å². The van der Waals surface area contributed by atoms with E-state index < -0.39 is 5.97 Å². The summed E-state index contributed by atoms with van der Waals surface area (Å²) >= 11 is 0. The van der Waals surface area contributed by atoms with Crippen molar-refractivity contribution >= 4 is 17.6 Å². The third-order valence-electron chi connectivity index (χ3n) is 2.65. The van der Waals surface area contributed by atoms with E-state index in [4.69, 9.17) is 4.74 Å². The van der Waals surface area contributed by atoms with Gasteiger partial charge in [0, 0.05) is 24.1 Å². The third kappa shape index (κ3) is 6.30. The third-order valence-corrected chi connectivity index (χ3v) is 2.65. The van der Waals surface area contributed by atoms with Gasteiger partial charge in [-0.2, -0.15) is 0 Å². The molecule has 0 aromatic heterocycles. The molecule has 0 atom stereocenters. The Morgan fingerprint density at radius 2 is 1.64 bits per heavy atom. The van der Waals surface area contributed by atoms with Crippen molar-refractivity contribution in [2.24, 2.45) is 0 Å². The molecule has 0 saturated carbocycles. The van der Waals surface area contributed by atoms with E-state index in [1.807, 2.05) is 30.3 Å². The molecular weight excluding hydrogens is 293 g/mol. The number of carbonyl (C=O) groups excluding carboxylic acids is 2. The molecule has 1 N–H and O–H groups in total. The van der Waals surface area contributed by atoms with Crippen LogP contribution in [0.3, 0.4) is 0 Å². The van der Waals surface area contributed by atoms with Gasteiger partial charge in [0.1, 0.15) is 11.5 Å². The number of hydrogen-bond donors (Lipinski definition) is 1. The van der Waals surface area contributed by atoms with Crippen molar-refractivity contribution in [2.45, 2.75) is 12.8 Å². The number of nitrogens with one attached hydrogen (secondary N) is 1. The minimum Gasteiger partial charge on any atom is -0.550 e. The average Bonchev–Trinajstić information content (AvgIpc) is 2.46. The zero-order chi connectivity index (χ0) is 15.1. The van der Waals surface area contributed by atoms with Crippen molar-refractivity contribution in [1.82, 2.24) is 0 Å². The van der Waals surface area contributed by atoms with Crippen molar-refractivity contribution in [3.63, 3.8) is 0 Å². The Morgan fingerprint density at radius 3 is 2.32 bits per heavy atom. The molecule has 2 rings (SSSR count). The number of benzene rings is 2. The van der Waals surface area contributed by atoms with E-state index in [2.05, 4.69) is 5.32 Å². The molecular formula is C16H14NNaO4. The van der Waals surface area contributed by atoms with Crippen molar-refractivity contribution in [3.8, 4) is 11.5 Å². The molecule has 0 aliphatic rings. The fraction of sp³-hybridized carbons (Fsp3) is 0.125. The molecule has 0 unspecified atom stereocenters. The van der Waals surface area contributed by atoms with Gasteiger partial charge in [0.25, 0.3) is 0 Å². The Balaban J connectivity index is 0.00000242. The summed E-state index contributed by atoms with van der Waals surface area (Å²) in [6.07, 6.45) is -0.419. The molecule has 22 heavy (non-hydrogen) atoms. The Kier molecular flexibility index (Phi) is 7.66. The van der Waals surface area contributed by atoms with E-state index in [0.29, 0.717) is 17.2 Å². The maximum Gasteiger partial charge on any atom is 1.00 e. The van der Waals surface area contributed by atoms with Gasteiger partial charge in [-0.25, -0.2) is 0 Å². The zero-order valence-corrected chi connectivity index (χ0v) is 14.2. The van der Waals surface area contributed by atoms with Crippen LogP contribution in [0.5, 0.6) is 11.5 Å². The summed E-state index contributed by atoms with van der Waals surface area (Å²) in [4.78, 5) is 21.8. The van der Waals surface area contributed by atoms with Crippen LogP contribution in [0, 0.1) is 0 Å². The van der Waals surface area contributed by atoms with E-state index in [1.54, 1.807) is 24.3 Å². The van der Waals surface area contributed by atoms with Crippen molar-refractivity contribution in [3.05, 3.63) is 54.6 Å². The number of aliphatic carboxylic acids is 1. The van der Waals surface area contributed by atoms with E-state index in [0.717, 1.165) is 0 Å². The summed E-state index contributed by atoms with van der Waals surface area (Å²) in [7, 11) is 0. The van der Waals surface area contributed by atoms with Crippen LogP contribution in [0.25, 0.3) is 0 Å². The van der Waals surface area contributed by atoms with Gasteiger partial charge in [0.05, 0.1) is 0 Å². The van der Waals surface area contributed by atoms with Gasteiger partial charge in [-0.05, 0) is 30.7 Å². The smallest absolute Gasteiger partial charge is 0.550 e. The molecule has 6 heteroatoms. The second kappa shape index (κ2) is 9.25. The Hall–Kier alpha value is -1.82. The Morgan fingerprint density at radius 1 is 0.955 bits per heavy atom. The Bertz CT molecular complexity index is 631. The predicted molar refractivity (Wildman–Crippen MR) is 75.8 cm³/mol. The first-order valence-electron chi connectivity index (χ1n) is 6.46. The van der Waals surface area contributed by atoms with Crippen LogP contribution < -0.4 is 44.7 Å². The zero-order valence-electron chi connectivity index (χ0n) is 12.2. The summed E-state index contributed by atoms with van der Waals surface area (Å²) in [5.74, 6) is -0.348. The predicted octanol–water partition coefficient (Wildman–Crippen LogP) is -1.05. The molecule has 0 spiro atoms. The average molecular weight is 307 g/mol. The summed E-state index contributed by atoms with van der Waals surface area (Å²) in [5, 5.41) is 12.9. The van der Waals surface area contributed by atoms with Gasteiger partial charge in [0.2, 0.25) is 5.91 Å². The summed E-state index contributed by atoms with van der Waals surface area (Å²) in [5.41, 5.74) is 0.548. The van der Waals surface area contributed by atoms with Crippen LogP contribution in [0.4, 0.5) is 5.69 Å². The molecule has 0 aliphatic carbocycles. The normalized spacial score (nSPS) is 9.45. The molecule has 0 aliphatic heterocycles. The van der Waals surface area contributed by atoms with E-state index in [9.17, 15) is 14.7 Å². The van der Waals surface area contributed by atoms with Gasteiger partial charge in [-0.3, -0.25) is 4.79 Å². The number of carboxylic acids is 1. The molecule has 2 aromatic carbocycles. The maximum atomic E-state index is 11.5. The summed E-state index contributed by atoms with van der Waals surface area (Å²) in [6, 6.07) is 16.1. The van der Waals surface area contributed by atoms with E-state index in [1.165, 1.54) is 0 Å². The molecule has 5 nitrogen and oxygen atoms in total. The topological polar surface area (TPSA) is 78.5 Å². The molecule has 0 heterocycles. The van der Waals surface area contributed by atoms with Crippen molar-refractivity contribution in [2.75, 3.05) is 5.32 Å². The minimum atomic E-state index is -1.24. The number of ether oxygens (including phenoxy) is 1. The number of anilines is 1. The summed E-state index contributed by atoms with van der Waals surface area (Å²) in [6.45, 7) is 0. The number of amides is 1. The number of rotatable bonds is 6. The van der Waals surface area contributed by atoms with E-state index >= 15 is 0 Å². The van der Waals surface area contributed by atoms with Crippen LogP contribution in [0.1, 0.15) is 12.8 Å². The van der Waals surface area contributed by atoms with Gasteiger partial charge in [-0.15, -0.1) is 0 Å². The van der Waals surface area contributed by atoms with E-state index in [-0.39, 0.29) is 48.3 Å². The fourth-order valence-corrected chi connectivity index (χ4v) is 1.70. The van der Waals surface area contributed by atoms with Crippen LogP contribution in [-0.2, 0) is 9.59 Å². The van der Waals surface area contributed by atoms with Gasteiger partial charge >= 0.3 is 29.6 Å². The molecule has 0 bridgehead atoms. The largest absolute Gasteiger partial charge is 1.00 e. The maximum absolute atomic E-state index is 11.5. The SMILES string of the molecule is O=C([O-])CCC(=O)Nc1cccc(Oc2ccccc2)c1.[Na+]. The number of carboxylic acid groups (broad SMARTS) is 1. The standard InChI is InChI=1S/C16H15NO4.Na/c18-15(9-10-16(19)20)17-12-5-4-8-14(11-12)21-13-6-2-1-3-7-13;/h1-8,11H,9-10H2,(H,17,18)(H,19,20);/q;+1/p-1. The number of para-hydroxylation sites is 1.